The number of nitriles is 1. The highest BCUT2D eigenvalue weighted by Gasteiger charge is 2.36. The Kier molecular flexibility index (Phi) is 4.28. The van der Waals surface area contributed by atoms with Crippen molar-refractivity contribution in [1.29, 1.82) is 5.26 Å². The number of aromatic nitrogens is 1. The first kappa shape index (κ1) is 16.1. The molecule has 1 aliphatic heterocycles. The number of carbonyl (C=O) groups excluding carboxylic acids is 1. The second kappa shape index (κ2) is 6.38. The molecule has 1 N–H and O–H groups in total. The Hall–Kier alpha value is -2.78. The fourth-order valence-corrected chi connectivity index (χ4v) is 3.01. The first-order chi connectivity index (χ1) is 11.5. The number of hydrogen-bond acceptors (Lipinski definition) is 4. The molecule has 1 fully saturated rings. The van der Waals surface area contributed by atoms with Crippen LogP contribution in [-0.4, -0.2) is 33.5 Å². The Balaban J connectivity index is 1.93. The van der Waals surface area contributed by atoms with Gasteiger partial charge in [-0.3, -0.25) is 4.79 Å². The maximum atomic E-state index is 13.5. The molecule has 0 unspecified atom stereocenters. The molecule has 5 nitrogen and oxygen atoms in total. The number of halogens is 1. The Labute approximate surface area is 139 Å². The van der Waals surface area contributed by atoms with Gasteiger partial charge in [0.2, 0.25) is 0 Å². The van der Waals surface area contributed by atoms with Gasteiger partial charge in [0.1, 0.15) is 17.6 Å². The molecule has 2 atom stereocenters. The number of rotatable bonds is 2. The van der Waals surface area contributed by atoms with Crippen LogP contribution in [0.5, 0.6) is 0 Å². The number of β-amino-alcohol motifs (C(OH)–C–C–N with tert-alkyl or cyclic N) is 1. The summed E-state index contributed by atoms with van der Waals surface area (Å²) in [7, 11) is 0. The molecule has 1 saturated heterocycles. The van der Waals surface area contributed by atoms with E-state index >= 15 is 0 Å². The number of likely N-dealkylation sites (tertiary alicyclic amines) is 1. The average Bonchev–Trinajstić information content (AvgIpc) is 2.96. The molecule has 3 rings (SSSR count). The topological polar surface area (TPSA) is 77.2 Å². The van der Waals surface area contributed by atoms with E-state index in [1.807, 2.05) is 6.07 Å². The zero-order chi connectivity index (χ0) is 17.3. The zero-order valence-corrected chi connectivity index (χ0v) is 13.1. The maximum absolute atomic E-state index is 13.5. The molecule has 0 spiro atoms. The molecule has 1 aromatic carbocycles. The molecule has 0 aliphatic carbocycles. The van der Waals surface area contributed by atoms with Gasteiger partial charge in [-0.15, -0.1) is 0 Å². The van der Waals surface area contributed by atoms with Crippen LogP contribution in [0, 0.1) is 24.1 Å². The molecule has 0 bridgehead atoms. The second-order valence-electron chi connectivity index (χ2n) is 5.86. The van der Waals surface area contributed by atoms with E-state index in [9.17, 15) is 14.3 Å². The Morgan fingerprint density at radius 1 is 1.42 bits per heavy atom. The van der Waals surface area contributed by atoms with E-state index in [2.05, 4.69) is 4.98 Å². The van der Waals surface area contributed by atoms with E-state index in [0.29, 0.717) is 23.2 Å². The van der Waals surface area contributed by atoms with Crippen molar-refractivity contribution in [3.8, 4) is 6.07 Å². The minimum absolute atomic E-state index is 0.167. The SMILES string of the molecule is Cc1nc(C(=O)N2C[C@@H](O)C[C@H]2c2cccc(F)c2)ccc1C#N. The lowest BCUT2D eigenvalue weighted by molar-refractivity contribution is 0.0709. The Morgan fingerprint density at radius 2 is 2.21 bits per heavy atom. The van der Waals surface area contributed by atoms with E-state index in [-0.39, 0.29) is 24.0 Å². The van der Waals surface area contributed by atoms with Gasteiger partial charge >= 0.3 is 0 Å². The van der Waals surface area contributed by atoms with E-state index in [1.165, 1.54) is 23.1 Å². The molecule has 24 heavy (non-hydrogen) atoms. The maximum Gasteiger partial charge on any atom is 0.273 e. The summed E-state index contributed by atoms with van der Waals surface area (Å²) in [6.45, 7) is 1.83. The highest BCUT2D eigenvalue weighted by Crippen LogP contribution is 2.33. The molecule has 6 heteroatoms. The minimum atomic E-state index is -0.665. The number of hydrogen-bond donors (Lipinski definition) is 1. The fraction of sp³-hybridized carbons (Fsp3) is 0.278. The van der Waals surface area contributed by atoms with Gasteiger partial charge in [0, 0.05) is 6.54 Å². The third kappa shape index (κ3) is 2.99. The van der Waals surface area contributed by atoms with Gasteiger partial charge in [-0.05, 0) is 43.2 Å². The van der Waals surface area contributed by atoms with Crippen molar-refractivity contribution in [2.45, 2.75) is 25.5 Å². The number of carbonyl (C=O) groups is 1. The summed E-state index contributed by atoms with van der Waals surface area (Å²) in [4.78, 5) is 18.5. The summed E-state index contributed by atoms with van der Waals surface area (Å²) in [6, 6.07) is 10.7. The predicted molar refractivity (Wildman–Crippen MR) is 84.5 cm³/mol. The van der Waals surface area contributed by atoms with Crippen molar-refractivity contribution in [1.82, 2.24) is 9.88 Å². The van der Waals surface area contributed by atoms with Crippen molar-refractivity contribution in [3.63, 3.8) is 0 Å². The van der Waals surface area contributed by atoms with Crippen molar-refractivity contribution in [3.05, 3.63) is 64.7 Å². The highest BCUT2D eigenvalue weighted by molar-refractivity contribution is 5.93. The summed E-state index contributed by atoms with van der Waals surface area (Å²) in [5.74, 6) is -0.720. The number of nitrogens with zero attached hydrogens (tertiary/aromatic N) is 3. The van der Waals surface area contributed by atoms with Crippen LogP contribution in [0.3, 0.4) is 0 Å². The minimum Gasteiger partial charge on any atom is -0.391 e. The molecule has 1 amide bonds. The van der Waals surface area contributed by atoms with E-state index in [0.717, 1.165) is 0 Å². The predicted octanol–water partition coefficient (Wildman–Crippen LogP) is 2.35. The number of pyridine rings is 1. The third-order valence-electron chi connectivity index (χ3n) is 4.20. The number of aryl methyl sites for hydroxylation is 1. The van der Waals surface area contributed by atoms with Crippen LogP contribution in [0.15, 0.2) is 36.4 Å². The summed E-state index contributed by atoms with van der Waals surface area (Å²) >= 11 is 0. The molecule has 122 valence electrons. The van der Waals surface area contributed by atoms with Gasteiger partial charge in [-0.25, -0.2) is 9.37 Å². The zero-order valence-electron chi connectivity index (χ0n) is 13.1. The van der Waals surface area contributed by atoms with Crippen LogP contribution < -0.4 is 0 Å². The fourth-order valence-electron chi connectivity index (χ4n) is 3.01. The average molecular weight is 325 g/mol. The third-order valence-corrected chi connectivity index (χ3v) is 4.20. The van der Waals surface area contributed by atoms with Crippen LogP contribution in [0.4, 0.5) is 4.39 Å². The lowest BCUT2D eigenvalue weighted by Gasteiger charge is -2.24. The monoisotopic (exact) mass is 325 g/mol. The second-order valence-corrected chi connectivity index (χ2v) is 5.86. The molecule has 1 aliphatic rings. The van der Waals surface area contributed by atoms with Crippen LogP contribution in [0.2, 0.25) is 0 Å². The number of benzene rings is 1. The van der Waals surface area contributed by atoms with Crippen LogP contribution >= 0.6 is 0 Å². The van der Waals surface area contributed by atoms with Gasteiger partial charge in [0.05, 0.1) is 23.4 Å². The molecule has 2 heterocycles. The molecular weight excluding hydrogens is 309 g/mol. The van der Waals surface area contributed by atoms with Gasteiger partial charge in [0.15, 0.2) is 0 Å². The van der Waals surface area contributed by atoms with Crippen LogP contribution in [0.1, 0.15) is 39.8 Å². The van der Waals surface area contributed by atoms with E-state index in [1.54, 1.807) is 25.1 Å². The van der Waals surface area contributed by atoms with Crippen LogP contribution in [0.25, 0.3) is 0 Å². The smallest absolute Gasteiger partial charge is 0.273 e. The van der Waals surface area contributed by atoms with Gasteiger partial charge < -0.3 is 10.0 Å². The Bertz CT molecular complexity index is 831. The quantitative estimate of drug-likeness (QED) is 0.919. The van der Waals surface area contributed by atoms with Gasteiger partial charge in [-0.2, -0.15) is 5.26 Å². The normalized spacial score (nSPS) is 20.0. The molecule has 0 saturated carbocycles. The Morgan fingerprint density at radius 3 is 2.88 bits per heavy atom. The first-order valence-corrected chi connectivity index (χ1v) is 7.62. The molecule has 1 aromatic heterocycles. The largest absolute Gasteiger partial charge is 0.391 e. The first-order valence-electron chi connectivity index (χ1n) is 7.62. The summed E-state index contributed by atoms with van der Waals surface area (Å²) in [5, 5.41) is 18.9. The lowest BCUT2D eigenvalue weighted by atomic mass is 10.0. The van der Waals surface area contributed by atoms with E-state index < -0.39 is 12.1 Å². The van der Waals surface area contributed by atoms with Gasteiger partial charge in [-0.1, -0.05) is 12.1 Å². The van der Waals surface area contributed by atoms with Crippen LogP contribution in [-0.2, 0) is 0 Å². The number of aliphatic hydroxyl groups excluding tert-OH is 1. The van der Waals surface area contributed by atoms with Crippen molar-refractivity contribution >= 4 is 5.91 Å². The number of amides is 1. The van der Waals surface area contributed by atoms with Crippen molar-refractivity contribution in [2.24, 2.45) is 0 Å². The highest BCUT2D eigenvalue weighted by atomic mass is 19.1. The van der Waals surface area contributed by atoms with Gasteiger partial charge in [0.25, 0.3) is 5.91 Å². The van der Waals surface area contributed by atoms with Crippen molar-refractivity contribution in [2.75, 3.05) is 6.54 Å². The lowest BCUT2D eigenvalue weighted by Crippen LogP contribution is -2.32. The number of aliphatic hydroxyl groups is 1. The molecule has 2 aromatic rings. The summed E-state index contributed by atoms with van der Waals surface area (Å²) in [6.07, 6.45) is -0.313. The molecular formula is C18H16FN3O2. The summed E-state index contributed by atoms with van der Waals surface area (Å²) < 4.78 is 13.5. The van der Waals surface area contributed by atoms with Crippen molar-refractivity contribution < 1.29 is 14.3 Å². The standard InChI is InChI=1S/C18H16FN3O2/c1-11-13(9-20)5-6-16(21-11)18(24)22-10-15(23)8-17(22)12-3-2-4-14(19)7-12/h2-7,15,17,23H,8,10H2,1H3/t15-,17-/m0/s1. The summed E-state index contributed by atoms with van der Waals surface area (Å²) in [5.41, 5.74) is 1.74. The molecule has 0 radical (unpaired) electrons. The van der Waals surface area contributed by atoms with E-state index in [4.69, 9.17) is 5.26 Å².